The van der Waals surface area contributed by atoms with Crippen molar-refractivity contribution in [2.24, 2.45) is 11.3 Å². The van der Waals surface area contributed by atoms with Crippen LogP contribution in [0.3, 0.4) is 0 Å². The van der Waals surface area contributed by atoms with Gasteiger partial charge in [-0.05, 0) is 18.8 Å². The summed E-state index contributed by atoms with van der Waals surface area (Å²) in [7, 11) is 0. The lowest BCUT2D eigenvalue weighted by molar-refractivity contribution is 0.190. The second kappa shape index (κ2) is 7.47. The Morgan fingerprint density at radius 2 is 1.73 bits per heavy atom. The van der Waals surface area contributed by atoms with E-state index in [4.69, 9.17) is 15.2 Å². The van der Waals surface area contributed by atoms with Crippen molar-refractivity contribution in [2.45, 2.75) is 32.1 Å². The van der Waals surface area contributed by atoms with Gasteiger partial charge in [0.15, 0.2) is 5.34 Å². The van der Waals surface area contributed by atoms with E-state index in [0.717, 1.165) is 0 Å². The summed E-state index contributed by atoms with van der Waals surface area (Å²) in [6.45, 7) is 0.417. The minimum Gasteiger partial charge on any atom is -0.396 e. The van der Waals surface area contributed by atoms with Crippen LogP contribution in [0, 0.1) is 10.8 Å². The number of rotatable bonds is 1. The maximum atomic E-state index is 8.69. The Bertz CT molecular complexity index is 91.7. The van der Waals surface area contributed by atoms with Crippen LogP contribution in [-0.4, -0.2) is 16.9 Å². The van der Waals surface area contributed by atoms with Crippen LogP contribution in [0.4, 0.5) is 0 Å². The Labute approximate surface area is 66.2 Å². The quantitative estimate of drug-likeness (QED) is 0.454. The van der Waals surface area contributed by atoms with Crippen LogP contribution >= 0.6 is 0 Å². The number of nitrogens with zero attached hydrogens (tertiary/aromatic N) is 1. The van der Waals surface area contributed by atoms with Gasteiger partial charge in [0.1, 0.15) is 0 Å². The van der Waals surface area contributed by atoms with E-state index in [9.17, 15) is 0 Å². The highest BCUT2D eigenvalue weighted by Gasteiger charge is 2.10. The van der Waals surface area contributed by atoms with Gasteiger partial charge in [0.25, 0.3) is 0 Å². The molecule has 0 heterocycles. The third-order valence-corrected chi connectivity index (χ3v) is 1.98. The summed E-state index contributed by atoms with van der Waals surface area (Å²) < 4.78 is 0. The second-order valence-corrected chi connectivity index (χ2v) is 2.77. The van der Waals surface area contributed by atoms with Crippen LogP contribution in [0.5, 0.6) is 0 Å². The van der Waals surface area contributed by atoms with Crippen molar-refractivity contribution in [3.63, 3.8) is 0 Å². The van der Waals surface area contributed by atoms with Crippen molar-refractivity contribution in [1.29, 1.82) is 0 Å². The molecule has 0 aromatic heterocycles. The molecule has 4 nitrogen and oxygen atoms in total. The van der Waals surface area contributed by atoms with Gasteiger partial charge in [-0.2, -0.15) is 0 Å². The van der Waals surface area contributed by atoms with Crippen molar-refractivity contribution in [3.05, 3.63) is 4.91 Å². The fourth-order valence-corrected chi connectivity index (χ4v) is 1.37. The molecule has 0 atom stereocenters. The molecule has 66 valence electrons. The van der Waals surface area contributed by atoms with Gasteiger partial charge in [-0.1, -0.05) is 19.3 Å². The smallest absolute Gasteiger partial charge is 0.152 e. The zero-order valence-electron chi connectivity index (χ0n) is 6.57. The summed E-state index contributed by atoms with van der Waals surface area (Å²) in [4.78, 5) is 8.11. The van der Waals surface area contributed by atoms with Crippen LogP contribution < -0.4 is 0 Å². The van der Waals surface area contributed by atoms with Crippen LogP contribution in [-0.2, 0) is 0 Å². The lowest BCUT2D eigenvalue weighted by atomic mass is 9.90. The molecule has 0 radical (unpaired) electrons. The van der Waals surface area contributed by atoms with E-state index in [-0.39, 0.29) is 0 Å². The molecule has 1 rings (SSSR count). The number of aliphatic hydroxyl groups excluding tert-OH is 1. The van der Waals surface area contributed by atoms with Gasteiger partial charge >= 0.3 is 0 Å². The molecule has 0 aromatic rings. The summed E-state index contributed by atoms with van der Waals surface area (Å²) in [6.07, 6.45) is 6.58. The highest BCUT2D eigenvalue weighted by Crippen LogP contribution is 2.22. The SMILES string of the molecule is O=NO.OCC1CCCCC1. The van der Waals surface area contributed by atoms with Gasteiger partial charge in [0, 0.05) is 6.61 Å². The van der Waals surface area contributed by atoms with Gasteiger partial charge in [-0.25, -0.2) is 0 Å². The first-order valence-electron chi connectivity index (χ1n) is 3.92. The molecule has 0 unspecified atom stereocenters. The first-order chi connectivity index (χ1) is 5.35. The zero-order valence-corrected chi connectivity index (χ0v) is 6.57. The van der Waals surface area contributed by atoms with E-state index in [1.807, 2.05) is 0 Å². The maximum absolute atomic E-state index is 8.69. The predicted molar refractivity (Wildman–Crippen MR) is 41.2 cm³/mol. The molecule has 4 heteroatoms. The van der Waals surface area contributed by atoms with Gasteiger partial charge < -0.3 is 10.3 Å². The fraction of sp³-hybridized carbons (Fsp3) is 1.00. The normalized spacial score (nSPS) is 18.3. The van der Waals surface area contributed by atoms with E-state index >= 15 is 0 Å². The molecule has 2 N–H and O–H groups in total. The molecule has 0 spiro atoms. The van der Waals surface area contributed by atoms with E-state index in [0.29, 0.717) is 12.5 Å². The zero-order chi connectivity index (χ0) is 8.53. The van der Waals surface area contributed by atoms with Crippen molar-refractivity contribution in [3.8, 4) is 0 Å². The molecule has 11 heavy (non-hydrogen) atoms. The Balaban J connectivity index is 0.000000292. The number of aliphatic hydroxyl groups is 1. The summed E-state index contributed by atoms with van der Waals surface area (Å²) in [5.74, 6) is 0.642. The molecule has 1 aliphatic carbocycles. The van der Waals surface area contributed by atoms with Gasteiger partial charge in [-0.15, -0.1) is 4.91 Å². The first kappa shape index (κ1) is 10.4. The molecule has 0 aliphatic heterocycles. The highest BCUT2D eigenvalue weighted by atomic mass is 16.6. The summed E-state index contributed by atoms with van der Waals surface area (Å²) in [5, 5.41) is 16.6. The lowest BCUT2D eigenvalue weighted by Gasteiger charge is -2.18. The molecule has 0 bridgehead atoms. The monoisotopic (exact) mass is 161 g/mol. The van der Waals surface area contributed by atoms with Crippen molar-refractivity contribution in [2.75, 3.05) is 6.61 Å². The van der Waals surface area contributed by atoms with E-state index < -0.39 is 0 Å². The van der Waals surface area contributed by atoms with Crippen LogP contribution in [0.2, 0.25) is 0 Å². The van der Waals surface area contributed by atoms with E-state index in [1.54, 1.807) is 0 Å². The Kier molecular flexibility index (Phi) is 7.03. The van der Waals surface area contributed by atoms with Crippen LogP contribution in [0.25, 0.3) is 0 Å². The largest absolute Gasteiger partial charge is 0.396 e. The van der Waals surface area contributed by atoms with Crippen molar-refractivity contribution >= 4 is 0 Å². The van der Waals surface area contributed by atoms with E-state index in [2.05, 4.69) is 0 Å². The molecular formula is C7H15NO3. The average Bonchev–Trinajstić information content (AvgIpc) is 2.08. The third kappa shape index (κ3) is 5.79. The summed E-state index contributed by atoms with van der Waals surface area (Å²) in [5.41, 5.74) is 0. The topological polar surface area (TPSA) is 69.9 Å². The summed E-state index contributed by atoms with van der Waals surface area (Å²) >= 11 is 0. The van der Waals surface area contributed by atoms with Gasteiger partial charge in [0.05, 0.1) is 0 Å². The Morgan fingerprint density at radius 1 is 1.27 bits per heavy atom. The summed E-state index contributed by atoms with van der Waals surface area (Å²) in [6, 6.07) is 0. The minimum absolute atomic E-state index is 0.417. The third-order valence-electron chi connectivity index (χ3n) is 1.98. The molecule has 1 fully saturated rings. The van der Waals surface area contributed by atoms with Gasteiger partial charge in [0.2, 0.25) is 0 Å². The van der Waals surface area contributed by atoms with Crippen LogP contribution in [0.15, 0.2) is 5.34 Å². The number of hydrogen-bond donors (Lipinski definition) is 2. The standard InChI is InChI=1S/C7H14O.HNO2/c8-6-7-4-2-1-3-5-7;2-1-3/h7-8H,1-6H2;(H,2,3). The lowest BCUT2D eigenvalue weighted by Crippen LogP contribution is -2.09. The molecule has 1 saturated carbocycles. The second-order valence-electron chi connectivity index (χ2n) is 2.77. The van der Waals surface area contributed by atoms with E-state index in [1.165, 1.54) is 37.4 Å². The first-order valence-corrected chi connectivity index (χ1v) is 3.92. The molecule has 0 aromatic carbocycles. The highest BCUT2D eigenvalue weighted by molar-refractivity contribution is 4.63. The maximum Gasteiger partial charge on any atom is 0.152 e. The Hall–Kier alpha value is -0.640. The molecule has 0 saturated heterocycles. The molecule has 0 amide bonds. The average molecular weight is 161 g/mol. The van der Waals surface area contributed by atoms with Crippen LogP contribution in [0.1, 0.15) is 32.1 Å². The molecule has 1 aliphatic rings. The van der Waals surface area contributed by atoms with Crippen molar-refractivity contribution < 1.29 is 10.3 Å². The van der Waals surface area contributed by atoms with Gasteiger partial charge in [-0.3, -0.25) is 0 Å². The van der Waals surface area contributed by atoms with Crippen molar-refractivity contribution in [1.82, 2.24) is 0 Å². The fourth-order valence-electron chi connectivity index (χ4n) is 1.37. The predicted octanol–water partition coefficient (Wildman–Crippen LogP) is 1.70. The number of hydrogen-bond acceptors (Lipinski definition) is 3. The Morgan fingerprint density at radius 3 is 2.00 bits per heavy atom. The minimum atomic E-state index is 0.417. The molecular weight excluding hydrogens is 146 g/mol.